The first-order valence-corrected chi connectivity index (χ1v) is 8.04. The van der Waals surface area contributed by atoms with Crippen LogP contribution in [0.3, 0.4) is 0 Å². The van der Waals surface area contributed by atoms with Crippen molar-refractivity contribution in [2.24, 2.45) is 0 Å². The molecule has 0 aromatic heterocycles. The molecule has 0 rings (SSSR count). The minimum atomic E-state index is -0.940. The minimum absolute atomic E-state index is 0. The summed E-state index contributed by atoms with van der Waals surface area (Å²) in [4.78, 5) is 23.1. The van der Waals surface area contributed by atoms with Gasteiger partial charge in [-0.2, -0.15) is 0 Å². The number of halogens is 2. The summed E-state index contributed by atoms with van der Waals surface area (Å²) in [5.41, 5.74) is 0. The normalized spacial score (nSPS) is 12.6. The Morgan fingerprint density at radius 2 is 1.33 bits per heavy atom. The highest BCUT2D eigenvalue weighted by Crippen LogP contribution is 2.06. The molecule has 0 aromatic rings. The zero-order valence-corrected chi connectivity index (χ0v) is 17.5. The molecule has 0 aliphatic rings. The van der Waals surface area contributed by atoms with E-state index in [4.69, 9.17) is 0 Å². The van der Waals surface area contributed by atoms with Crippen LogP contribution in [0, 0.1) is 0 Å². The van der Waals surface area contributed by atoms with E-state index >= 15 is 0 Å². The zero-order chi connectivity index (χ0) is 17.4. The maximum Gasteiger partial charge on any atom is 0.326 e. The van der Waals surface area contributed by atoms with Crippen LogP contribution in [-0.2, 0) is 9.59 Å². The number of carbonyl (C=O) groups is 2. The molecule has 0 heterocycles. The molecule has 1 amide bonds. The van der Waals surface area contributed by atoms with Gasteiger partial charge in [0, 0.05) is 12.8 Å². The van der Waals surface area contributed by atoms with Crippen molar-refractivity contribution in [1.82, 2.24) is 5.32 Å². The molecule has 0 fully saturated rings. The molecule has 2 N–H and O–H groups in total. The van der Waals surface area contributed by atoms with Crippen molar-refractivity contribution in [2.75, 3.05) is 55.4 Å². The van der Waals surface area contributed by atoms with Crippen LogP contribution in [0.5, 0.6) is 0 Å². The second-order valence-electron chi connectivity index (χ2n) is 8.09. The molecule has 1 atom stereocenters. The lowest BCUT2D eigenvalue weighted by Crippen LogP contribution is -3.00. The highest BCUT2D eigenvalue weighted by Gasteiger charge is 2.20. The molecule has 6 nitrogen and oxygen atoms in total. The van der Waals surface area contributed by atoms with Gasteiger partial charge >= 0.3 is 5.97 Å². The smallest absolute Gasteiger partial charge is 0.326 e. The summed E-state index contributed by atoms with van der Waals surface area (Å²) < 4.78 is 1.68. The summed E-state index contributed by atoms with van der Waals surface area (Å²) in [6.07, 6.45) is 3.42. The summed E-state index contributed by atoms with van der Waals surface area (Å²) in [5, 5.41) is 11.9. The van der Waals surface area contributed by atoms with Crippen molar-refractivity contribution < 1.29 is 48.5 Å². The maximum atomic E-state index is 11.9. The van der Waals surface area contributed by atoms with Crippen molar-refractivity contribution in [3.63, 3.8) is 0 Å². The number of aliphatic carboxylic acids is 1. The molecular formula is C16H35Cl2N3O3. The molecule has 8 heteroatoms. The lowest BCUT2D eigenvalue weighted by molar-refractivity contribution is -0.870. The number of hydrogen-bond donors (Lipinski definition) is 2. The number of hydrogen-bond acceptors (Lipinski definition) is 2. The third kappa shape index (κ3) is 17.8. The van der Waals surface area contributed by atoms with Crippen molar-refractivity contribution in [1.29, 1.82) is 0 Å². The number of quaternary nitrogens is 2. The standard InChI is InChI=1S/C16H33N3O3.2ClH/c1-18(2,3)12-8-7-10-14(16(21)22)17-15(20)11-9-13-19(4,5)6;;/h14H,7-13H2,1-6H3;2*1H/t14-;;/m1../s1. The van der Waals surface area contributed by atoms with Gasteiger partial charge in [0.05, 0.1) is 55.4 Å². The van der Waals surface area contributed by atoms with E-state index in [9.17, 15) is 14.7 Å². The Kier molecular flexibility index (Phi) is 15.0. The summed E-state index contributed by atoms with van der Waals surface area (Å²) in [5.74, 6) is -1.10. The molecule has 24 heavy (non-hydrogen) atoms. The van der Waals surface area contributed by atoms with Crippen molar-refractivity contribution in [2.45, 2.75) is 38.1 Å². The number of carboxylic acid groups (broad SMARTS) is 1. The topological polar surface area (TPSA) is 66.4 Å². The summed E-state index contributed by atoms with van der Waals surface area (Å²) in [6, 6.07) is -0.760. The van der Waals surface area contributed by atoms with Crippen LogP contribution >= 0.6 is 0 Å². The van der Waals surface area contributed by atoms with E-state index in [1.165, 1.54) is 0 Å². The second kappa shape index (κ2) is 12.8. The van der Waals surface area contributed by atoms with E-state index in [0.717, 1.165) is 41.3 Å². The van der Waals surface area contributed by atoms with Gasteiger partial charge in [0.25, 0.3) is 0 Å². The Hall–Kier alpha value is -0.560. The van der Waals surface area contributed by atoms with Gasteiger partial charge < -0.3 is 44.2 Å². The van der Waals surface area contributed by atoms with E-state index in [0.29, 0.717) is 12.8 Å². The first-order valence-electron chi connectivity index (χ1n) is 8.04. The van der Waals surface area contributed by atoms with E-state index in [2.05, 4.69) is 47.6 Å². The first kappa shape index (κ1) is 28.3. The van der Waals surface area contributed by atoms with Gasteiger partial charge in [-0.1, -0.05) is 0 Å². The molecule has 0 unspecified atom stereocenters. The fourth-order valence-electron chi connectivity index (χ4n) is 2.17. The van der Waals surface area contributed by atoms with Gasteiger partial charge in [0.1, 0.15) is 6.04 Å². The number of amides is 1. The third-order valence-electron chi connectivity index (χ3n) is 3.44. The summed E-state index contributed by atoms with van der Waals surface area (Å²) >= 11 is 0. The van der Waals surface area contributed by atoms with E-state index < -0.39 is 12.0 Å². The van der Waals surface area contributed by atoms with Crippen LogP contribution in [0.4, 0.5) is 0 Å². The van der Waals surface area contributed by atoms with Gasteiger partial charge in [-0.25, -0.2) is 4.79 Å². The number of nitrogens with zero attached hydrogens (tertiary/aromatic N) is 2. The SMILES string of the molecule is C[N+](C)(C)CCCC[C@@H](NC(=O)CCC[N+](C)(C)C)C(=O)O.[Cl-].[Cl-]. The largest absolute Gasteiger partial charge is 1.00 e. The average Bonchev–Trinajstić information content (AvgIpc) is 2.29. The van der Waals surface area contributed by atoms with Crippen molar-refractivity contribution in [3.8, 4) is 0 Å². The number of carbonyl (C=O) groups excluding carboxylic acids is 1. The fourth-order valence-corrected chi connectivity index (χ4v) is 2.17. The van der Waals surface area contributed by atoms with Crippen LogP contribution in [0.2, 0.25) is 0 Å². The molecule has 0 saturated carbocycles. The number of rotatable bonds is 11. The molecule has 0 spiro atoms. The van der Waals surface area contributed by atoms with Crippen LogP contribution in [0.25, 0.3) is 0 Å². The number of nitrogens with one attached hydrogen (secondary N) is 1. The predicted molar refractivity (Wildman–Crippen MR) is 88.5 cm³/mol. The van der Waals surface area contributed by atoms with E-state index in [1.54, 1.807) is 0 Å². The molecule has 0 aliphatic heterocycles. The number of carboxylic acids is 1. The molecule has 0 aliphatic carbocycles. The summed E-state index contributed by atoms with van der Waals surface area (Å²) in [6.45, 7) is 1.90. The van der Waals surface area contributed by atoms with Crippen molar-refractivity contribution in [3.05, 3.63) is 0 Å². The molecule has 0 saturated heterocycles. The van der Waals surface area contributed by atoms with Crippen LogP contribution in [0.15, 0.2) is 0 Å². The molecular weight excluding hydrogens is 353 g/mol. The lowest BCUT2D eigenvalue weighted by atomic mass is 10.1. The Labute approximate surface area is 159 Å². The lowest BCUT2D eigenvalue weighted by Gasteiger charge is -2.24. The molecule has 146 valence electrons. The van der Waals surface area contributed by atoms with Gasteiger partial charge in [0.15, 0.2) is 0 Å². The van der Waals surface area contributed by atoms with Gasteiger partial charge in [-0.05, 0) is 19.3 Å². The van der Waals surface area contributed by atoms with E-state index in [-0.39, 0.29) is 30.7 Å². The Balaban J connectivity index is -0.00000220. The fraction of sp³-hybridized carbons (Fsp3) is 0.875. The zero-order valence-electron chi connectivity index (χ0n) is 15.9. The Morgan fingerprint density at radius 3 is 1.75 bits per heavy atom. The first-order chi connectivity index (χ1) is 9.91. The summed E-state index contributed by atoms with van der Waals surface area (Å²) in [7, 11) is 12.6. The van der Waals surface area contributed by atoms with Crippen molar-refractivity contribution >= 4 is 11.9 Å². The average molecular weight is 388 g/mol. The quantitative estimate of drug-likeness (QED) is 0.275. The molecule has 0 radical (unpaired) electrons. The Bertz CT molecular complexity index is 367. The monoisotopic (exact) mass is 387 g/mol. The van der Waals surface area contributed by atoms with Crippen LogP contribution < -0.4 is 30.1 Å². The van der Waals surface area contributed by atoms with E-state index in [1.807, 2.05) is 0 Å². The van der Waals surface area contributed by atoms with Crippen LogP contribution in [-0.4, -0.2) is 87.4 Å². The van der Waals surface area contributed by atoms with Gasteiger partial charge in [-0.3, -0.25) is 4.79 Å². The maximum absolute atomic E-state index is 11.9. The van der Waals surface area contributed by atoms with Gasteiger partial charge in [-0.15, -0.1) is 0 Å². The van der Waals surface area contributed by atoms with Gasteiger partial charge in [0.2, 0.25) is 5.91 Å². The second-order valence-corrected chi connectivity index (χ2v) is 8.09. The molecule has 0 bridgehead atoms. The third-order valence-corrected chi connectivity index (χ3v) is 3.44. The van der Waals surface area contributed by atoms with Crippen LogP contribution in [0.1, 0.15) is 32.1 Å². The number of unbranched alkanes of at least 4 members (excludes halogenated alkanes) is 1. The predicted octanol–water partition coefficient (Wildman–Crippen LogP) is -5.07. The Morgan fingerprint density at radius 1 is 0.875 bits per heavy atom. The minimum Gasteiger partial charge on any atom is -1.00 e. The highest BCUT2D eigenvalue weighted by atomic mass is 35.5. The molecule has 0 aromatic carbocycles. The highest BCUT2D eigenvalue weighted by molar-refractivity contribution is 5.83.